The number of hydrogen-bond donors (Lipinski definition) is 1. The fraction of sp³-hybridized carbons (Fsp3) is 0.214. The first-order valence-corrected chi connectivity index (χ1v) is 13.4. The van der Waals surface area contributed by atoms with Crippen molar-refractivity contribution in [2.75, 3.05) is 28.2 Å². The molecule has 1 fully saturated rings. The molecule has 1 saturated heterocycles. The maximum Gasteiger partial charge on any atom is 0.573 e. The van der Waals surface area contributed by atoms with Crippen LogP contribution in [0.3, 0.4) is 0 Å². The first kappa shape index (κ1) is 25.6. The predicted molar refractivity (Wildman–Crippen MR) is 147 cm³/mol. The topological polar surface area (TPSA) is 61.9 Å². The van der Waals surface area contributed by atoms with Crippen LogP contribution in [-0.4, -0.2) is 25.5 Å². The number of anilines is 5. The molecule has 0 radical (unpaired) electrons. The summed E-state index contributed by atoms with van der Waals surface area (Å²) in [5.41, 5.74) is 1.65. The molecule has 0 saturated carbocycles. The fourth-order valence-corrected chi connectivity index (χ4v) is 6.42. The molecule has 1 unspecified atom stereocenters. The lowest BCUT2D eigenvalue weighted by Gasteiger charge is -2.44. The van der Waals surface area contributed by atoms with Crippen molar-refractivity contribution in [3.8, 4) is 5.75 Å². The lowest BCUT2D eigenvalue weighted by molar-refractivity contribution is -0.274. The Morgan fingerprint density at radius 2 is 1.69 bits per heavy atom. The van der Waals surface area contributed by atoms with Gasteiger partial charge in [0.25, 0.3) is 10.9 Å². The third-order valence-electron chi connectivity index (χ3n) is 6.85. The summed E-state index contributed by atoms with van der Waals surface area (Å²) in [4.78, 5) is 31.7. The highest BCUT2D eigenvalue weighted by Gasteiger charge is 2.36. The van der Waals surface area contributed by atoms with E-state index in [1.165, 1.54) is 12.1 Å². The van der Waals surface area contributed by atoms with Gasteiger partial charge in [-0.15, -0.1) is 13.2 Å². The van der Waals surface area contributed by atoms with E-state index >= 15 is 0 Å². The van der Waals surface area contributed by atoms with Crippen molar-refractivity contribution in [3.05, 3.63) is 92.2 Å². The summed E-state index contributed by atoms with van der Waals surface area (Å²) in [6.45, 7) is 1.10. The van der Waals surface area contributed by atoms with Gasteiger partial charge in [-0.05, 0) is 67.4 Å². The smallest absolute Gasteiger partial charge is 0.406 e. The quantitative estimate of drug-likeness (QED) is 0.263. The number of nitrogens with zero attached hydrogens (tertiary/aromatic N) is 2. The standard InChI is InChI=1S/C28H21ClF3N3O3S/c29-16-7-12-23-21(14-16)35(20-5-1-2-6-22(20)39-23)18-4-3-13-34(15-18)25-24(26(36)27(25)37)33-17-8-10-19(11-9-17)38-28(30,31)32/h1-2,5-12,14,18,33H,3-4,13,15H2. The van der Waals surface area contributed by atoms with Gasteiger partial charge >= 0.3 is 6.36 Å². The van der Waals surface area contributed by atoms with Gasteiger partial charge in [0.2, 0.25) is 0 Å². The summed E-state index contributed by atoms with van der Waals surface area (Å²) in [5.74, 6) is -0.377. The van der Waals surface area contributed by atoms with E-state index in [1.807, 2.05) is 35.2 Å². The van der Waals surface area contributed by atoms with Crippen LogP contribution in [0.15, 0.2) is 86.1 Å². The fourth-order valence-electron chi connectivity index (χ4n) is 5.20. The molecule has 1 N–H and O–H groups in total. The highest BCUT2D eigenvalue weighted by Crippen LogP contribution is 2.50. The summed E-state index contributed by atoms with van der Waals surface area (Å²) < 4.78 is 41.3. The molecule has 0 aromatic heterocycles. The van der Waals surface area contributed by atoms with E-state index in [-0.39, 0.29) is 17.5 Å². The Kier molecular flexibility index (Phi) is 6.47. The van der Waals surface area contributed by atoms with E-state index < -0.39 is 17.2 Å². The summed E-state index contributed by atoms with van der Waals surface area (Å²) in [7, 11) is 0. The predicted octanol–water partition coefficient (Wildman–Crippen LogP) is 6.85. The minimum Gasteiger partial charge on any atom is -0.406 e. The molecule has 11 heteroatoms. The van der Waals surface area contributed by atoms with Crippen LogP contribution in [0.5, 0.6) is 5.75 Å². The molecule has 200 valence electrons. The number of fused-ring (bicyclic) bond motifs is 2. The number of benzene rings is 3. The van der Waals surface area contributed by atoms with Gasteiger partial charge in [0, 0.05) is 33.6 Å². The Bertz CT molecular complexity index is 1620. The Morgan fingerprint density at radius 1 is 0.949 bits per heavy atom. The van der Waals surface area contributed by atoms with Crippen LogP contribution in [0.4, 0.5) is 41.6 Å². The van der Waals surface area contributed by atoms with Crippen molar-refractivity contribution >= 4 is 51.8 Å². The monoisotopic (exact) mass is 571 g/mol. The third kappa shape index (κ3) is 4.94. The zero-order chi connectivity index (χ0) is 27.3. The number of ether oxygens (including phenoxy) is 1. The highest BCUT2D eigenvalue weighted by molar-refractivity contribution is 7.99. The molecule has 0 spiro atoms. The van der Waals surface area contributed by atoms with Gasteiger partial charge in [0.05, 0.1) is 17.4 Å². The largest absolute Gasteiger partial charge is 0.573 e. The zero-order valence-corrected chi connectivity index (χ0v) is 21.9. The van der Waals surface area contributed by atoms with Crippen molar-refractivity contribution in [2.24, 2.45) is 0 Å². The van der Waals surface area contributed by atoms with Crippen LogP contribution in [-0.2, 0) is 0 Å². The second-order valence-electron chi connectivity index (χ2n) is 9.37. The average molecular weight is 572 g/mol. The number of alkyl halides is 3. The second-order valence-corrected chi connectivity index (χ2v) is 10.9. The Hall–Kier alpha value is -3.63. The van der Waals surface area contributed by atoms with Gasteiger partial charge in [0.1, 0.15) is 17.1 Å². The van der Waals surface area contributed by atoms with E-state index in [9.17, 15) is 22.8 Å². The van der Waals surface area contributed by atoms with E-state index in [0.717, 1.165) is 46.1 Å². The summed E-state index contributed by atoms with van der Waals surface area (Å²) in [5, 5.41) is 3.56. The van der Waals surface area contributed by atoms with Crippen LogP contribution >= 0.6 is 23.4 Å². The molecule has 0 aliphatic carbocycles. The Labute approximate surface area is 230 Å². The minimum absolute atomic E-state index is 0.00840. The number of rotatable bonds is 5. The van der Waals surface area contributed by atoms with Crippen molar-refractivity contribution in [3.63, 3.8) is 0 Å². The van der Waals surface area contributed by atoms with Gasteiger partial charge in [-0.2, -0.15) is 0 Å². The lowest BCUT2D eigenvalue weighted by atomic mass is 9.99. The molecule has 6 nitrogen and oxygen atoms in total. The van der Waals surface area contributed by atoms with Crippen LogP contribution in [0.1, 0.15) is 12.8 Å². The highest BCUT2D eigenvalue weighted by atomic mass is 35.5. The first-order chi connectivity index (χ1) is 18.7. The normalized spacial score (nSPS) is 17.1. The van der Waals surface area contributed by atoms with Crippen LogP contribution < -0.4 is 30.7 Å². The molecule has 4 aromatic carbocycles. The molecular formula is C28H21ClF3N3O3S. The van der Waals surface area contributed by atoms with Crippen molar-refractivity contribution < 1.29 is 17.9 Å². The molecule has 0 bridgehead atoms. The molecule has 39 heavy (non-hydrogen) atoms. The summed E-state index contributed by atoms with van der Waals surface area (Å²) in [6, 6.07) is 19.0. The molecule has 2 heterocycles. The van der Waals surface area contributed by atoms with Crippen LogP contribution in [0, 0.1) is 0 Å². The molecule has 0 amide bonds. The Balaban J connectivity index is 1.27. The number of halogens is 4. The molecule has 4 aromatic rings. The first-order valence-electron chi connectivity index (χ1n) is 12.2. The maximum atomic E-state index is 12.7. The minimum atomic E-state index is -4.80. The summed E-state index contributed by atoms with van der Waals surface area (Å²) >= 11 is 8.07. The zero-order valence-electron chi connectivity index (χ0n) is 20.3. The summed E-state index contributed by atoms with van der Waals surface area (Å²) in [6.07, 6.45) is -3.13. The molecule has 1 atom stereocenters. The van der Waals surface area contributed by atoms with E-state index in [0.29, 0.717) is 29.5 Å². The SMILES string of the molecule is O=c1c(Nc2ccc(OC(F)(F)F)cc2)c(N2CCCC(N3c4ccccc4Sc4ccc(Cl)cc43)C2)c1=O. The van der Waals surface area contributed by atoms with Gasteiger partial charge in [-0.25, -0.2) is 0 Å². The van der Waals surface area contributed by atoms with Crippen LogP contribution in [0.25, 0.3) is 0 Å². The van der Waals surface area contributed by atoms with Crippen molar-refractivity contribution in [1.29, 1.82) is 0 Å². The molecule has 2 aliphatic heterocycles. The number of hydrogen-bond acceptors (Lipinski definition) is 7. The number of para-hydroxylation sites is 1. The van der Waals surface area contributed by atoms with Gasteiger partial charge in [-0.3, -0.25) is 9.59 Å². The van der Waals surface area contributed by atoms with Crippen molar-refractivity contribution in [1.82, 2.24) is 0 Å². The number of piperidine rings is 1. The molecular weight excluding hydrogens is 551 g/mol. The lowest BCUT2D eigenvalue weighted by Crippen LogP contribution is -2.51. The second kappa shape index (κ2) is 9.84. The third-order valence-corrected chi connectivity index (χ3v) is 8.21. The van der Waals surface area contributed by atoms with Gasteiger partial charge in [-0.1, -0.05) is 35.5 Å². The van der Waals surface area contributed by atoms with Crippen LogP contribution in [0.2, 0.25) is 5.02 Å². The van der Waals surface area contributed by atoms with Gasteiger partial charge < -0.3 is 19.9 Å². The van der Waals surface area contributed by atoms with Gasteiger partial charge in [0.15, 0.2) is 0 Å². The van der Waals surface area contributed by atoms with Crippen molar-refractivity contribution in [2.45, 2.75) is 35.0 Å². The molecule has 6 rings (SSSR count). The van der Waals surface area contributed by atoms with E-state index in [4.69, 9.17) is 11.6 Å². The Morgan fingerprint density at radius 3 is 2.46 bits per heavy atom. The molecule has 2 aliphatic rings. The maximum absolute atomic E-state index is 12.7. The van der Waals surface area contributed by atoms with E-state index in [1.54, 1.807) is 11.8 Å². The van der Waals surface area contributed by atoms with E-state index in [2.05, 4.69) is 27.1 Å². The number of nitrogens with one attached hydrogen (secondary N) is 1. The average Bonchev–Trinajstić information content (AvgIpc) is 2.91.